The lowest BCUT2D eigenvalue weighted by atomic mass is 9.81. The first kappa shape index (κ1) is 17.5. The molecule has 2 heterocycles. The van der Waals surface area contributed by atoms with Crippen molar-refractivity contribution in [2.75, 3.05) is 39.0 Å². The highest BCUT2D eigenvalue weighted by Crippen LogP contribution is 2.34. The maximum atomic E-state index is 12.6. The molecule has 130 valence electrons. The second-order valence-electron chi connectivity index (χ2n) is 6.86. The number of carbonyl (C=O) groups excluding carboxylic acids is 2. The SMILES string of the molecule is CN(C)CC#CC(=O)N1CC(C)(C(=O)Nc2cc3ccccc3s2)C1. The van der Waals surface area contributed by atoms with E-state index in [4.69, 9.17) is 0 Å². The Morgan fingerprint density at radius 3 is 2.72 bits per heavy atom. The van der Waals surface area contributed by atoms with E-state index in [9.17, 15) is 9.59 Å². The van der Waals surface area contributed by atoms with Gasteiger partial charge in [0.05, 0.1) is 17.0 Å². The van der Waals surface area contributed by atoms with Crippen molar-refractivity contribution in [3.63, 3.8) is 0 Å². The summed E-state index contributed by atoms with van der Waals surface area (Å²) >= 11 is 1.56. The van der Waals surface area contributed by atoms with E-state index >= 15 is 0 Å². The van der Waals surface area contributed by atoms with Crippen molar-refractivity contribution in [1.82, 2.24) is 9.80 Å². The summed E-state index contributed by atoms with van der Waals surface area (Å²) in [7, 11) is 3.80. The second kappa shape index (κ2) is 6.87. The minimum atomic E-state index is -0.560. The van der Waals surface area contributed by atoms with E-state index in [0.717, 1.165) is 15.1 Å². The van der Waals surface area contributed by atoms with Crippen LogP contribution in [-0.2, 0) is 9.59 Å². The van der Waals surface area contributed by atoms with Crippen LogP contribution in [0.4, 0.5) is 5.00 Å². The number of amides is 2. The van der Waals surface area contributed by atoms with E-state index in [2.05, 4.69) is 17.2 Å². The van der Waals surface area contributed by atoms with Gasteiger partial charge in [0.25, 0.3) is 5.91 Å². The fourth-order valence-corrected chi connectivity index (χ4v) is 3.70. The summed E-state index contributed by atoms with van der Waals surface area (Å²) in [6, 6.07) is 10.0. The number of anilines is 1. The molecule has 0 bridgehead atoms. The highest BCUT2D eigenvalue weighted by atomic mass is 32.1. The number of fused-ring (bicyclic) bond motifs is 1. The molecule has 1 aromatic carbocycles. The van der Waals surface area contributed by atoms with Gasteiger partial charge in [0.15, 0.2) is 0 Å². The molecule has 0 atom stereocenters. The Kier molecular flexibility index (Phi) is 4.80. The number of hydrogen-bond acceptors (Lipinski definition) is 4. The summed E-state index contributed by atoms with van der Waals surface area (Å²) in [6.45, 7) is 3.23. The Hall–Kier alpha value is -2.36. The molecule has 1 fully saturated rings. The van der Waals surface area contributed by atoms with Crippen LogP contribution < -0.4 is 5.32 Å². The second-order valence-corrected chi connectivity index (χ2v) is 7.95. The van der Waals surface area contributed by atoms with Gasteiger partial charge in [0.1, 0.15) is 0 Å². The zero-order chi connectivity index (χ0) is 18.0. The maximum Gasteiger partial charge on any atom is 0.298 e. The van der Waals surface area contributed by atoms with Gasteiger partial charge in [-0.2, -0.15) is 0 Å². The third kappa shape index (κ3) is 3.84. The molecule has 0 aliphatic carbocycles. The summed E-state index contributed by atoms with van der Waals surface area (Å²) < 4.78 is 1.14. The molecule has 1 N–H and O–H groups in total. The van der Waals surface area contributed by atoms with E-state index < -0.39 is 5.41 Å². The molecule has 1 saturated heterocycles. The van der Waals surface area contributed by atoms with Crippen LogP contribution in [0.5, 0.6) is 0 Å². The first-order chi connectivity index (χ1) is 11.9. The number of carbonyl (C=O) groups is 2. The molecule has 0 unspecified atom stereocenters. The zero-order valence-corrected chi connectivity index (χ0v) is 15.4. The fraction of sp³-hybridized carbons (Fsp3) is 0.368. The van der Waals surface area contributed by atoms with Crippen molar-refractivity contribution in [2.24, 2.45) is 5.41 Å². The lowest BCUT2D eigenvalue weighted by Gasteiger charge is -2.45. The molecule has 6 heteroatoms. The lowest BCUT2D eigenvalue weighted by Crippen LogP contribution is -2.61. The summed E-state index contributed by atoms with van der Waals surface area (Å²) in [4.78, 5) is 28.1. The van der Waals surface area contributed by atoms with E-state index in [1.54, 1.807) is 16.2 Å². The molecular formula is C19H21N3O2S. The number of nitrogens with one attached hydrogen (secondary N) is 1. The molecule has 1 aromatic heterocycles. The predicted octanol–water partition coefficient (Wildman–Crippen LogP) is 2.25. The Balaban J connectivity index is 1.58. The highest BCUT2D eigenvalue weighted by molar-refractivity contribution is 7.22. The summed E-state index contributed by atoms with van der Waals surface area (Å²) in [5, 5.41) is 4.95. The van der Waals surface area contributed by atoms with Gasteiger partial charge in [-0.25, -0.2) is 0 Å². The van der Waals surface area contributed by atoms with Gasteiger partial charge in [-0.1, -0.05) is 24.1 Å². The molecule has 5 nitrogen and oxygen atoms in total. The standard InChI is InChI=1S/C19H21N3O2S/c1-19(12-22(13-19)17(23)9-6-10-21(2)3)18(24)20-16-11-14-7-4-5-8-15(14)25-16/h4-5,7-8,11H,10,12-13H2,1-3H3,(H,20,24). The number of thiophene rings is 1. The lowest BCUT2D eigenvalue weighted by molar-refractivity contribution is -0.144. The Morgan fingerprint density at radius 2 is 2.04 bits per heavy atom. The average Bonchev–Trinajstić information content (AvgIpc) is 2.93. The minimum Gasteiger partial charge on any atom is -0.330 e. The van der Waals surface area contributed by atoms with Crippen molar-refractivity contribution < 1.29 is 9.59 Å². The number of nitrogens with zero attached hydrogens (tertiary/aromatic N) is 2. The summed E-state index contributed by atoms with van der Waals surface area (Å²) in [5.41, 5.74) is -0.560. The fourth-order valence-electron chi connectivity index (χ4n) is 2.74. The smallest absolute Gasteiger partial charge is 0.298 e. The third-order valence-electron chi connectivity index (χ3n) is 4.17. The molecular weight excluding hydrogens is 334 g/mol. The van der Waals surface area contributed by atoms with Gasteiger partial charge in [-0.15, -0.1) is 11.3 Å². The van der Waals surface area contributed by atoms with E-state index in [0.29, 0.717) is 19.6 Å². The van der Waals surface area contributed by atoms with Crippen LogP contribution in [0.15, 0.2) is 30.3 Å². The number of benzene rings is 1. The van der Waals surface area contributed by atoms with Gasteiger partial charge >= 0.3 is 0 Å². The van der Waals surface area contributed by atoms with E-state index in [-0.39, 0.29) is 11.8 Å². The normalized spacial score (nSPS) is 15.4. The molecule has 0 saturated carbocycles. The van der Waals surface area contributed by atoms with Crippen molar-refractivity contribution in [3.05, 3.63) is 30.3 Å². The molecule has 0 radical (unpaired) electrons. The van der Waals surface area contributed by atoms with Crippen molar-refractivity contribution in [1.29, 1.82) is 0 Å². The molecule has 25 heavy (non-hydrogen) atoms. The van der Waals surface area contributed by atoms with Gasteiger partial charge in [-0.3, -0.25) is 14.5 Å². The monoisotopic (exact) mass is 355 g/mol. The van der Waals surface area contributed by atoms with Crippen molar-refractivity contribution in [2.45, 2.75) is 6.92 Å². The first-order valence-corrected chi connectivity index (χ1v) is 8.92. The van der Waals surface area contributed by atoms with Gasteiger partial charge in [0.2, 0.25) is 5.91 Å². The Bertz CT molecular complexity index is 836. The first-order valence-electron chi connectivity index (χ1n) is 8.10. The Labute approximate surface area is 151 Å². The van der Waals surface area contributed by atoms with Crippen LogP contribution in [0, 0.1) is 17.3 Å². The van der Waals surface area contributed by atoms with Crippen LogP contribution in [0.2, 0.25) is 0 Å². The number of rotatable bonds is 3. The van der Waals surface area contributed by atoms with Crippen LogP contribution in [0.25, 0.3) is 10.1 Å². The topological polar surface area (TPSA) is 52.7 Å². The highest BCUT2D eigenvalue weighted by Gasteiger charge is 2.47. The maximum absolute atomic E-state index is 12.6. The van der Waals surface area contributed by atoms with Gasteiger partial charge in [-0.05, 0) is 44.5 Å². The average molecular weight is 355 g/mol. The molecule has 0 spiro atoms. The molecule has 1 aliphatic rings. The summed E-state index contributed by atoms with van der Waals surface area (Å²) in [6.07, 6.45) is 0. The Morgan fingerprint density at radius 1 is 1.32 bits per heavy atom. The van der Waals surface area contributed by atoms with Crippen molar-refractivity contribution in [3.8, 4) is 11.8 Å². The summed E-state index contributed by atoms with van der Waals surface area (Å²) in [5.74, 6) is 5.19. The van der Waals surface area contributed by atoms with Crippen LogP contribution >= 0.6 is 11.3 Å². The van der Waals surface area contributed by atoms with Crippen molar-refractivity contribution >= 4 is 38.2 Å². The molecule has 1 aliphatic heterocycles. The third-order valence-corrected chi connectivity index (χ3v) is 5.20. The van der Waals surface area contributed by atoms with E-state index in [1.165, 1.54) is 0 Å². The minimum absolute atomic E-state index is 0.0515. The quantitative estimate of drug-likeness (QED) is 0.860. The predicted molar refractivity (Wildman–Crippen MR) is 101 cm³/mol. The van der Waals surface area contributed by atoms with Crippen LogP contribution in [-0.4, -0.2) is 55.3 Å². The number of hydrogen-bond donors (Lipinski definition) is 1. The van der Waals surface area contributed by atoms with Gasteiger partial charge in [0, 0.05) is 17.8 Å². The van der Waals surface area contributed by atoms with Crippen LogP contribution in [0.3, 0.4) is 0 Å². The van der Waals surface area contributed by atoms with Gasteiger partial charge < -0.3 is 10.2 Å². The van der Waals surface area contributed by atoms with Crippen LogP contribution in [0.1, 0.15) is 6.92 Å². The largest absolute Gasteiger partial charge is 0.330 e. The van der Waals surface area contributed by atoms with E-state index in [1.807, 2.05) is 56.3 Å². The molecule has 2 amide bonds. The molecule has 2 aromatic rings. The number of likely N-dealkylation sites (tertiary alicyclic amines) is 1. The molecule has 3 rings (SSSR count). The zero-order valence-electron chi connectivity index (χ0n) is 14.6.